The summed E-state index contributed by atoms with van der Waals surface area (Å²) in [7, 11) is 0. The maximum absolute atomic E-state index is 12.5. The van der Waals surface area contributed by atoms with E-state index in [2.05, 4.69) is 10.3 Å². The van der Waals surface area contributed by atoms with Crippen LogP contribution in [0.25, 0.3) is 11.3 Å². The number of benzene rings is 2. The van der Waals surface area contributed by atoms with Crippen LogP contribution in [-0.2, 0) is 6.18 Å². The number of halogens is 3. The average Bonchev–Trinajstić information content (AvgIpc) is 2.96. The molecule has 0 bridgehead atoms. The van der Waals surface area contributed by atoms with Crippen LogP contribution in [0.4, 0.5) is 24.9 Å². The van der Waals surface area contributed by atoms with Gasteiger partial charge in [-0.05, 0) is 24.3 Å². The molecule has 6 heteroatoms. The van der Waals surface area contributed by atoms with E-state index in [0.29, 0.717) is 11.4 Å². The molecule has 22 heavy (non-hydrogen) atoms. The maximum atomic E-state index is 12.5. The second kappa shape index (κ2) is 5.55. The number of nitrogens with one attached hydrogen (secondary N) is 1. The first kappa shape index (κ1) is 14.2. The molecule has 112 valence electrons. The van der Waals surface area contributed by atoms with Crippen LogP contribution in [0.1, 0.15) is 5.56 Å². The van der Waals surface area contributed by atoms with E-state index in [-0.39, 0.29) is 6.01 Å². The number of hydrogen-bond acceptors (Lipinski definition) is 3. The van der Waals surface area contributed by atoms with E-state index in [1.807, 2.05) is 30.3 Å². The van der Waals surface area contributed by atoms with Crippen LogP contribution in [0.3, 0.4) is 0 Å². The van der Waals surface area contributed by atoms with E-state index in [1.165, 1.54) is 12.1 Å². The maximum Gasteiger partial charge on any atom is 0.416 e. The van der Waals surface area contributed by atoms with Gasteiger partial charge in [-0.3, -0.25) is 0 Å². The minimum absolute atomic E-state index is 0.221. The first-order chi connectivity index (χ1) is 10.5. The van der Waals surface area contributed by atoms with Gasteiger partial charge < -0.3 is 9.73 Å². The summed E-state index contributed by atoms with van der Waals surface area (Å²) in [6, 6.07) is 14.3. The third-order valence-electron chi connectivity index (χ3n) is 3.03. The fraction of sp³-hybridized carbons (Fsp3) is 0.0625. The molecule has 0 aliphatic rings. The fourth-order valence-electron chi connectivity index (χ4n) is 1.93. The largest absolute Gasteiger partial charge is 0.423 e. The zero-order valence-electron chi connectivity index (χ0n) is 11.3. The molecule has 0 radical (unpaired) electrons. The minimum Gasteiger partial charge on any atom is -0.423 e. The summed E-state index contributed by atoms with van der Waals surface area (Å²) in [6.45, 7) is 0. The van der Waals surface area contributed by atoms with E-state index in [9.17, 15) is 13.2 Å². The zero-order chi connectivity index (χ0) is 15.6. The number of oxazole rings is 1. The number of alkyl halides is 3. The van der Waals surface area contributed by atoms with Crippen LogP contribution in [0.15, 0.2) is 65.2 Å². The van der Waals surface area contributed by atoms with Gasteiger partial charge in [-0.2, -0.15) is 13.2 Å². The summed E-state index contributed by atoms with van der Waals surface area (Å²) < 4.78 is 43.0. The Bertz CT molecular complexity index is 749. The van der Waals surface area contributed by atoms with Crippen LogP contribution >= 0.6 is 0 Å². The minimum atomic E-state index is -4.35. The zero-order valence-corrected chi connectivity index (χ0v) is 11.3. The van der Waals surface area contributed by atoms with Gasteiger partial charge in [-0.15, -0.1) is 0 Å². The Morgan fingerprint density at radius 2 is 1.59 bits per heavy atom. The highest BCUT2D eigenvalue weighted by atomic mass is 19.4. The molecule has 0 spiro atoms. The Balaban J connectivity index is 1.76. The van der Waals surface area contributed by atoms with Crippen LogP contribution in [0.5, 0.6) is 0 Å². The highest BCUT2D eigenvalue weighted by Crippen LogP contribution is 2.30. The second-order valence-electron chi connectivity index (χ2n) is 4.60. The Kier molecular flexibility index (Phi) is 3.58. The molecule has 3 aromatic rings. The molecule has 0 aliphatic carbocycles. The smallest absolute Gasteiger partial charge is 0.416 e. The highest BCUT2D eigenvalue weighted by Gasteiger charge is 2.29. The summed E-state index contributed by atoms with van der Waals surface area (Å²) in [6.07, 6.45) is -2.79. The van der Waals surface area contributed by atoms with E-state index in [1.54, 1.807) is 6.20 Å². The molecule has 0 atom stereocenters. The predicted octanol–water partition coefficient (Wildman–Crippen LogP) is 5.10. The van der Waals surface area contributed by atoms with Crippen molar-refractivity contribution < 1.29 is 17.6 Å². The first-order valence-electron chi connectivity index (χ1n) is 6.48. The number of hydrogen-bond donors (Lipinski definition) is 1. The first-order valence-corrected chi connectivity index (χ1v) is 6.48. The monoisotopic (exact) mass is 304 g/mol. The molecule has 0 unspecified atom stereocenters. The van der Waals surface area contributed by atoms with Crippen molar-refractivity contribution in [1.82, 2.24) is 4.98 Å². The lowest BCUT2D eigenvalue weighted by molar-refractivity contribution is -0.137. The van der Waals surface area contributed by atoms with Crippen molar-refractivity contribution in [2.24, 2.45) is 0 Å². The molecule has 3 nitrogen and oxygen atoms in total. The van der Waals surface area contributed by atoms with Crippen LogP contribution in [-0.4, -0.2) is 4.98 Å². The molecule has 0 aliphatic heterocycles. The van der Waals surface area contributed by atoms with Gasteiger partial charge in [0.15, 0.2) is 5.76 Å². The van der Waals surface area contributed by atoms with Crippen molar-refractivity contribution in [2.75, 3.05) is 5.32 Å². The molecule has 0 fully saturated rings. The lowest BCUT2D eigenvalue weighted by Gasteiger charge is -2.07. The van der Waals surface area contributed by atoms with Crippen molar-refractivity contribution in [1.29, 1.82) is 0 Å². The van der Waals surface area contributed by atoms with E-state index >= 15 is 0 Å². The standard InChI is InChI=1S/C16H11F3N2O/c17-16(18,19)12-6-8-13(9-7-12)21-15-20-10-14(22-15)11-4-2-1-3-5-11/h1-10H,(H,20,21). The van der Waals surface area contributed by atoms with Crippen molar-refractivity contribution >= 4 is 11.7 Å². The molecule has 0 saturated heterocycles. The van der Waals surface area contributed by atoms with Gasteiger partial charge in [0, 0.05) is 11.3 Å². The number of nitrogens with zero attached hydrogens (tertiary/aromatic N) is 1. The van der Waals surface area contributed by atoms with Crippen LogP contribution in [0, 0.1) is 0 Å². The predicted molar refractivity (Wildman–Crippen MR) is 76.7 cm³/mol. The number of aromatic nitrogens is 1. The third-order valence-corrected chi connectivity index (χ3v) is 3.03. The molecule has 3 rings (SSSR count). The van der Waals surface area contributed by atoms with Gasteiger partial charge in [0.1, 0.15) is 0 Å². The molecular formula is C16H11F3N2O. The molecule has 0 saturated carbocycles. The molecule has 1 aromatic heterocycles. The highest BCUT2D eigenvalue weighted by molar-refractivity contribution is 5.59. The van der Waals surface area contributed by atoms with Gasteiger partial charge >= 0.3 is 6.18 Å². The van der Waals surface area contributed by atoms with Crippen molar-refractivity contribution in [3.8, 4) is 11.3 Å². The van der Waals surface area contributed by atoms with Gasteiger partial charge in [-0.1, -0.05) is 30.3 Å². The third kappa shape index (κ3) is 3.11. The van der Waals surface area contributed by atoms with Gasteiger partial charge in [-0.25, -0.2) is 4.98 Å². The van der Waals surface area contributed by atoms with Crippen molar-refractivity contribution in [3.63, 3.8) is 0 Å². The van der Waals surface area contributed by atoms with Gasteiger partial charge in [0.05, 0.1) is 11.8 Å². The van der Waals surface area contributed by atoms with Gasteiger partial charge in [0.2, 0.25) is 0 Å². The summed E-state index contributed by atoms with van der Waals surface area (Å²) >= 11 is 0. The van der Waals surface area contributed by atoms with E-state index in [4.69, 9.17) is 4.42 Å². The lowest BCUT2D eigenvalue weighted by Crippen LogP contribution is -2.04. The Labute approximate surface area is 124 Å². The van der Waals surface area contributed by atoms with Crippen LogP contribution in [0.2, 0.25) is 0 Å². The molecule has 2 aromatic carbocycles. The second-order valence-corrected chi connectivity index (χ2v) is 4.60. The SMILES string of the molecule is FC(F)(F)c1ccc(Nc2ncc(-c3ccccc3)o2)cc1. The van der Waals surface area contributed by atoms with E-state index < -0.39 is 11.7 Å². The average molecular weight is 304 g/mol. The normalized spacial score (nSPS) is 11.4. The summed E-state index contributed by atoms with van der Waals surface area (Å²) in [5, 5.41) is 2.83. The Hall–Kier alpha value is -2.76. The molecule has 0 amide bonds. The summed E-state index contributed by atoms with van der Waals surface area (Å²) in [5.74, 6) is 0.579. The molecule has 1 heterocycles. The van der Waals surface area contributed by atoms with Gasteiger partial charge in [0.25, 0.3) is 6.01 Å². The topological polar surface area (TPSA) is 38.1 Å². The number of rotatable bonds is 3. The summed E-state index contributed by atoms with van der Waals surface area (Å²) in [5.41, 5.74) is 0.639. The van der Waals surface area contributed by atoms with Crippen LogP contribution < -0.4 is 5.32 Å². The van der Waals surface area contributed by atoms with E-state index in [0.717, 1.165) is 17.7 Å². The quantitative estimate of drug-likeness (QED) is 0.731. The Morgan fingerprint density at radius 1 is 0.909 bits per heavy atom. The lowest BCUT2D eigenvalue weighted by atomic mass is 10.2. The fourth-order valence-corrected chi connectivity index (χ4v) is 1.93. The number of anilines is 2. The molecular weight excluding hydrogens is 293 g/mol. The van der Waals surface area contributed by atoms with Crippen molar-refractivity contribution in [3.05, 3.63) is 66.4 Å². The Morgan fingerprint density at radius 3 is 2.23 bits per heavy atom. The van der Waals surface area contributed by atoms with Crippen molar-refractivity contribution in [2.45, 2.75) is 6.18 Å². The molecule has 1 N–H and O–H groups in total. The summed E-state index contributed by atoms with van der Waals surface area (Å²) in [4.78, 5) is 4.06.